The number of hydrogen-bond acceptors (Lipinski definition) is 21. The topological polar surface area (TPSA) is 482 Å². The van der Waals surface area contributed by atoms with Crippen LogP contribution >= 0.6 is 0 Å². The quantitative estimate of drug-likeness (QED) is 0.0120. The van der Waals surface area contributed by atoms with Gasteiger partial charge in [-0.05, 0) is 135 Å². The lowest BCUT2D eigenvalue weighted by Gasteiger charge is -2.24. The van der Waals surface area contributed by atoms with Crippen LogP contribution in [-0.4, -0.2) is 90.4 Å². The first kappa shape index (κ1) is 74.6. The van der Waals surface area contributed by atoms with Crippen LogP contribution in [0.1, 0.15) is 88.0 Å². The van der Waals surface area contributed by atoms with E-state index in [0.29, 0.717) is 28.4 Å². The summed E-state index contributed by atoms with van der Waals surface area (Å²) in [5, 5.41) is 51.0. The van der Waals surface area contributed by atoms with Crippen molar-refractivity contribution in [3.05, 3.63) is 138 Å². The Morgan fingerprint density at radius 1 is 0.600 bits per heavy atom. The molecule has 10 N–H and O–H groups in total. The number of carbonyl (C=O) groups excluding carboxylic acids is 3. The largest absolute Gasteiger partial charge is 0.444 e. The number of nitrogens with zero attached hydrogens (tertiary/aromatic N) is 11. The smallest absolute Gasteiger partial charge is 0.414 e. The molecule has 0 spiro atoms. The predicted molar refractivity (Wildman–Crippen MR) is 300 cm³/mol. The number of nitro groups is 3. The zero-order valence-corrected chi connectivity index (χ0v) is 46.8. The fraction of sp³-hybridized carbons (Fsp3) is 0.449. The van der Waals surface area contributed by atoms with Crippen molar-refractivity contribution in [3.63, 3.8) is 0 Å². The van der Waals surface area contributed by atoms with E-state index in [2.05, 4.69) is 27.4 Å². The number of ether oxygens (including phenoxy) is 5. The van der Waals surface area contributed by atoms with Gasteiger partial charge in [-0.2, -0.15) is 0 Å². The minimum atomic E-state index is -0.641. The molecule has 4 aromatic rings. The summed E-state index contributed by atoms with van der Waals surface area (Å²) in [6, 6.07) is 24.5. The number of nitrogen functional groups attached to an aromatic ring is 2. The second-order valence-corrected chi connectivity index (χ2v) is 18.7. The number of amides is 3. The number of anilines is 5. The Morgan fingerprint density at radius 3 is 1.21 bits per heavy atom. The zero-order chi connectivity index (χ0) is 62.1. The molecule has 0 aliphatic carbocycles. The van der Waals surface area contributed by atoms with E-state index < -0.39 is 49.9 Å². The van der Waals surface area contributed by atoms with Crippen LogP contribution in [0.25, 0.3) is 10.4 Å². The van der Waals surface area contributed by atoms with Crippen LogP contribution in [0, 0.1) is 46.7 Å². The number of carbonyl (C=O) groups is 3. The standard InChI is InChI=1S/C12H16N2O4.C12H18N2O2.C11H14N2O4.C6H6N2O2.2C4H8O.H4N4.HN3.N2/c1-12(2,3)18-11(15)13(4)9-6-5-7-10(8-9)14(16)17;1-12(2,3)16-11(15)14(4)10-7-5-6-9(13)8-10;1-11(2,3)17-10(14)12-8-5-4-6-9(7-8)13(15)16;7-5-2-1-3-6(4-5)8(9)10;2*1-2-4-5-3-1;1-3-4-2;1-3-2;1-2/h5-8H,1-4H3;5-8H,13H2,1-4H3;4-7H,1-3H3,(H,12,14);1-4H,7H2;2*1-4H2;(H2,1,4)(H2,2,3);1H;. The Kier molecular flexibility index (Phi) is 37.8. The SMILES string of the molecule is C1CCOC1.C1CCOC1.CC(C)(C)OC(=O)Nc1cccc([N+](=O)[O-])c1.CN(C(=O)OC(C)(C)C)c1cccc(N)c1.CN(C(=O)OC(C)(C)C)c1cccc([N+](=O)[O-])c1.N#N.N/N=N/N.Nc1cccc([N+](=O)[O-])c1.[N-]=[N+]=N. The first-order valence-corrected chi connectivity index (χ1v) is 23.7. The molecule has 440 valence electrons. The molecule has 31 nitrogen and oxygen atoms in total. The molecule has 4 aromatic carbocycles. The number of nitro benzene ring substituents is 3. The molecule has 3 amide bonds. The summed E-state index contributed by atoms with van der Waals surface area (Å²) in [4.78, 5) is 69.1. The van der Waals surface area contributed by atoms with E-state index in [1.807, 2.05) is 20.8 Å². The Balaban J connectivity index is -0.000000897. The molecule has 6 rings (SSSR count). The fourth-order valence-electron chi connectivity index (χ4n) is 5.20. The van der Waals surface area contributed by atoms with Crippen LogP contribution in [0.15, 0.2) is 108 Å². The summed E-state index contributed by atoms with van der Waals surface area (Å²) >= 11 is 0. The summed E-state index contributed by atoms with van der Waals surface area (Å²) in [5.74, 6) is 8.72. The van der Waals surface area contributed by atoms with Crippen molar-refractivity contribution in [2.75, 3.05) is 67.1 Å². The van der Waals surface area contributed by atoms with Gasteiger partial charge < -0.3 is 46.8 Å². The van der Waals surface area contributed by atoms with E-state index in [0.717, 1.165) is 26.4 Å². The number of non-ortho nitro benzene ring substituents is 3. The van der Waals surface area contributed by atoms with Crippen LogP contribution in [0.5, 0.6) is 0 Å². The molecular weight excluding hydrogens is 1050 g/mol. The van der Waals surface area contributed by atoms with Gasteiger partial charge in [0.2, 0.25) is 0 Å². The van der Waals surface area contributed by atoms with Gasteiger partial charge in [-0.3, -0.25) is 45.5 Å². The lowest BCUT2D eigenvalue weighted by atomic mass is 10.2. The van der Waals surface area contributed by atoms with E-state index in [1.54, 1.807) is 102 Å². The van der Waals surface area contributed by atoms with Gasteiger partial charge in [-0.25, -0.2) is 14.4 Å². The molecule has 2 aliphatic rings. The third-order valence-electron chi connectivity index (χ3n) is 8.52. The monoisotopic (exact) mass is 1130 g/mol. The van der Waals surface area contributed by atoms with Crippen molar-refractivity contribution in [2.24, 2.45) is 22.1 Å². The number of rotatable bonds is 6. The summed E-state index contributed by atoms with van der Waals surface area (Å²) in [5.41, 5.74) is 23.8. The Hall–Kier alpha value is -9.66. The molecule has 2 aliphatic heterocycles. The predicted octanol–water partition coefficient (Wildman–Crippen LogP) is 11.4. The van der Waals surface area contributed by atoms with E-state index >= 15 is 0 Å². The molecule has 0 bridgehead atoms. The van der Waals surface area contributed by atoms with Crippen molar-refractivity contribution < 1.29 is 52.8 Å². The third-order valence-corrected chi connectivity index (χ3v) is 8.52. The first-order valence-electron chi connectivity index (χ1n) is 23.7. The van der Waals surface area contributed by atoms with Gasteiger partial charge in [0.15, 0.2) is 0 Å². The fourth-order valence-corrected chi connectivity index (χ4v) is 5.20. The van der Waals surface area contributed by atoms with E-state index in [9.17, 15) is 44.7 Å². The van der Waals surface area contributed by atoms with Gasteiger partial charge >= 0.3 is 18.3 Å². The van der Waals surface area contributed by atoms with Crippen LogP contribution in [0.3, 0.4) is 0 Å². The summed E-state index contributed by atoms with van der Waals surface area (Å²) in [6.07, 6.45) is 3.53. The summed E-state index contributed by atoms with van der Waals surface area (Å²) in [7, 11) is 3.16. The molecule has 2 fully saturated rings. The minimum Gasteiger partial charge on any atom is -0.444 e. The lowest BCUT2D eigenvalue weighted by Crippen LogP contribution is -2.34. The second kappa shape index (κ2) is 40.6. The Bertz CT molecular complexity index is 2540. The van der Waals surface area contributed by atoms with Crippen molar-refractivity contribution in [2.45, 2.75) is 105 Å². The van der Waals surface area contributed by atoms with Crippen molar-refractivity contribution in [1.29, 1.82) is 16.3 Å². The van der Waals surface area contributed by atoms with Gasteiger partial charge in [-0.15, -0.1) is 5.53 Å². The van der Waals surface area contributed by atoms with Crippen molar-refractivity contribution in [3.8, 4) is 0 Å². The Labute approximate surface area is 463 Å². The van der Waals surface area contributed by atoms with Gasteiger partial charge in [0.25, 0.3) is 17.1 Å². The van der Waals surface area contributed by atoms with E-state index in [1.165, 1.54) is 91.1 Å². The van der Waals surface area contributed by atoms with Gasteiger partial charge in [0, 0.05) is 105 Å². The highest BCUT2D eigenvalue weighted by Crippen LogP contribution is 2.23. The first-order chi connectivity index (χ1) is 37.3. The minimum absolute atomic E-state index is 0.0278. The molecule has 2 saturated heterocycles. The molecule has 0 radical (unpaired) electrons. The van der Waals surface area contributed by atoms with Crippen LogP contribution < -0.4 is 38.3 Å². The van der Waals surface area contributed by atoms with Crippen molar-refractivity contribution in [1.82, 2.24) is 0 Å². The average Bonchev–Trinajstić information content (AvgIpc) is 4.18. The average molecular weight is 1130 g/mol. The summed E-state index contributed by atoms with van der Waals surface area (Å²) < 4.78 is 25.3. The van der Waals surface area contributed by atoms with Gasteiger partial charge in [0.05, 0.1) is 26.1 Å². The van der Waals surface area contributed by atoms with Crippen LogP contribution in [0.4, 0.5) is 59.9 Å². The van der Waals surface area contributed by atoms with Gasteiger partial charge in [-0.1, -0.05) is 34.7 Å². The molecule has 0 unspecified atom stereocenters. The molecular formula is C49H75N17O14. The second-order valence-electron chi connectivity index (χ2n) is 18.7. The van der Waals surface area contributed by atoms with E-state index in [-0.39, 0.29) is 17.1 Å². The molecule has 0 saturated carbocycles. The van der Waals surface area contributed by atoms with Crippen LogP contribution in [0.2, 0.25) is 0 Å². The molecule has 0 aromatic heterocycles. The normalized spacial score (nSPS) is 11.7. The molecule has 0 atom stereocenters. The highest BCUT2D eigenvalue weighted by molar-refractivity contribution is 5.88. The summed E-state index contributed by atoms with van der Waals surface area (Å²) in [6.45, 7) is 20.0. The zero-order valence-electron chi connectivity index (χ0n) is 46.8. The molecule has 80 heavy (non-hydrogen) atoms. The molecule has 31 heteroatoms. The molecule has 2 heterocycles. The van der Waals surface area contributed by atoms with Crippen molar-refractivity contribution >= 4 is 63.8 Å². The van der Waals surface area contributed by atoms with Crippen LogP contribution in [-0.2, 0) is 23.7 Å². The van der Waals surface area contributed by atoms with Gasteiger partial charge in [0.1, 0.15) is 16.8 Å². The maximum absolute atomic E-state index is 11.8. The maximum Gasteiger partial charge on any atom is 0.414 e. The van der Waals surface area contributed by atoms with E-state index in [4.69, 9.17) is 57.0 Å². The number of benzene rings is 4. The number of hydrogen-bond donors (Lipinski definition) is 6. The maximum atomic E-state index is 11.8. The number of nitrogens with one attached hydrogen (secondary N) is 2. The highest BCUT2D eigenvalue weighted by atomic mass is 16.6. The number of nitrogens with two attached hydrogens (primary N) is 4. The Morgan fingerprint density at radius 2 is 0.912 bits per heavy atom. The lowest BCUT2D eigenvalue weighted by molar-refractivity contribution is -0.385. The highest BCUT2D eigenvalue weighted by Gasteiger charge is 2.23. The third kappa shape index (κ3) is 39.7.